The first-order chi connectivity index (χ1) is 16.5. The first kappa shape index (κ1) is 22.2. The van der Waals surface area contributed by atoms with E-state index in [1.54, 1.807) is 18.3 Å². The first-order valence-corrected chi connectivity index (χ1v) is 11.7. The minimum Gasteiger partial charge on any atom is -0.397 e. The van der Waals surface area contributed by atoms with Crippen LogP contribution in [0.1, 0.15) is 36.2 Å². The molecule has 1 saturated carbocycles. The van der Waals surface area contributed by atoms with Crippen molar-refractivity contribution in [3.8, 4) is 11.3 Å². The third kappa shape index (κ3) is 4.54. The molecular weight excluding hydrogens is 450 g/mol. The molecule has 5 rings (SSSR count). The van der Waals surface area contributed by atoms with Gasteiger partial charge in [-0.05, 0) is 49.9 Å². The van der Waals surface area contributed by atoms with E-state index >= 15 is 0 Å². The monoisotopic (exact) mass is 475 g/mol. The molecule has 0 aliphatic heterocycles. The largest absolute Gasteiger partial charge is 0.397 e. The molecule has 0 spiro atoms. The number of anilines is 2. The smallest absolute Gasteiger partial charge is 0.270 e. The van der Waals surface area contributed by atoms with Crippen molar-refractivity contribution in [2.24, 2.45) is 7.05 Å². The normalized spacial score (nSPS) is 18.1. The van der Waals surface area contributed by atoms with Gasteiger partial charge < -0.3 is 20.9 Å². The fourth-order valence-electron chi connectivity index (χ4n) is 4.57. The topological polar surface area (TPSA) is 111 Å². The summed E-state index contributed by atoms with van der Waals surface area (Å²) in [6.45, 7) is 0. The second-order valence-corrected chi connectivity index (χ2v) is 9.12. The Bertz CT molecular complexity index is 1340. The van der Waals surface area contributed by atoms with Crippen LogP contribution in [0.5, 0.6) is 0 Å². The van der Waals surface area contributed by atoms with Gasteiger partial charge in [0.1, 0.15) is 5.69 Å². The van der Waals surface area contributed by atoms with Crippen LogP contribution in [0.25, 0.3) is 22.2 Å². The lowest BCUT2D eigenvalue weighted by atomic mass is 9.91. The molecule has 8 nitrogen and oxygen atoms in total. The highest BCUT2D eigenvalue weighted by molar-refractivity contribution is 6.33. The van der Waals surface area contributed by atoms with Gasteiger partial charge in [-0.3, -0.25) is 4.79 Å². The van der Waals surface area contributed by atoms with Gasteiger partial charge in [0.25, 0.3) is 5.91 Å². The molecule has 174 valence electrons. The van der Waals surface area contributed by atoms with E-state index in [-0.39, 0.29) is 18.0 Å². The molecule has 3 aromatic heterocycles. The Hall–Kier alpha value is -3.65. The predicted octanol–water partition coefficient (Wildman–Crippen LogP) is 4.42. The van der Waals surface area contributed by atoms with Crippen molar-refractivity contribution in [1.82, 2.24) is 24.8 Å². The quantitative estimate of drug-likeness (QED) is 0.394. The highest BCUT2D eigenvalue weighted by Crippen LogP contribution is 2.33. The molecule has 3 heterocycles. The van der Waals surface area contributed by atoms with Crippen molar-refractivity contribution in [2.45, 2.75) is 37.8 Å². The summed E-state index contributed by atoms with van der Waals surface area (Å²) in [6, 6.07) is 11.7. The van der Waals surface area contributed by atoms with Crippen LogP contribution in [0.2, 0.25) is 5.02 Å². The maximum Gasteiger partial charge on any atom is 0.270 e. The lowest BCUT2D eigenvalue weighted by Gasteiger charge is -2.30. The van der Waals surface area contributed by atoms with Gasteiger partial charge in [0.05, 0.1) is 28.8 Å². The van der Waals surface area contributed by atoms with Gasteiger partial charge in [0.2, 0.25) is 5.95 Å². The number of nitrogens with one attached hydrogen (secondary N) is 2. The van der Waals surface area contributed by atoms with Crippen LogP contribution in [0.15, 0.2) is 55.0 Å². The third-order valence-electron chi connectivity index (χ3n) is 6.29. The van der Waals surface area contributed by atoms with E-state index < -0.39 is 0 Å². The van der Waals surface area contributed by atoms with E-state index in [0.717, 1.165) is 42.1 Å². The van der Waals surface area contributed by atoms with Gasteiger partial charge in [-0.25, -0.2) is 15.0 Å². The van der Waals surface area contributed by atoms with E-state index in [1.165, 1.54) is 6.20 Å². The SMILES string of the molecule is Cn1ccc2c(-c3nc(NC4CCCC(NC(=O)c5ccc(N)cn5)C4)ncc3Cl)cccc21. The summed E-state index contributed by atoms with van der Waals surface area (Å²) < 4.78 is 2.07. The molecule has 1 aromatic carbocycles. The Morgan fingerprint density at radius 1 is 1.12 bits per heavy atom. The van der Waals surface area contributed by atoms with Crippen LogP contribution in [0.3, 0.4) is 0 Å². The number of rotatable bonds is 5. The summed E-state index contributed by atoms with van der Waals surface area (Å²) in [7, 11) is 2.02. The zero-order chi connectivity index (χ0) is 23.7. The van der Waals surface area contributed by atoms with Crippen molar-refractivity contribution < 1.29 is 4.79 Å². The van der Waals surface area contributed by atoms with Crippen LogP contribution in [-0.2, 0) is 7.05 Å². The lowest BCUT2D eigenvalue weighted by molar-refractivity contribution is 0.0921. The number of benzene rings is 1. The average molecular weight is 476 g/mol. The summed E-state index contributed by atoms with van der Waals surface area (Å²) in [4.78, 5) is 25.9. The van der Waals surface area contributed by atoms with Crippen molar-refractivity contribution in [2.75, 3.05) is 11.1 Å². The number of aromatic nitrogens is 4. The summed E-state index contributed by atoms with van der Waals surface area (Å²) in [5, 5.41) is 8.14. The van der Waals surface area contributed by atoms with Crippen LogP contribution in [0, 0.1) is 0 Å². The molecule has 9 heteroatoms. The van der Waals surface area contributed by atoms with Crippen molar-refractivity contribution in [3.63, 3.8) is 0 Å². The molecule has 1 amide bonds. The Morgan fingerprint density at radius 3 is 2.79 bits per heavy atom. The standard InChI is InChI=1S/C25H26ClN7O/c1-33-11-10-18-19(6-3-7-22(18)33)23-20(26)14-29-25(32-23)31-17-5-2-4-16(12-17)30-24(34)21-9-8-15(27)13-28-21/h3,6-11,13-14,16-17H,2,4-5,12,27H2,1H3,(H,30,34)(H,29,31,32). The Morgan fingerprint density at radius 2 is 1.97 bits per heavy atom. The maximum absolute atomic E-state index is 12.6. The van der Waals surface area contributed by atoms with Gasteiger partial charge in [-0.15, -0.1) is 0 Å². The number of aryl methyl sites for hydroxylation is 1. The summed E-state index contributed by atoms with van der Waals surface area (Å²) in [6.07, 6.45) is 8.81. The highest BCUT2D eigenvalue weighted by atomic mass is 35.5. The predicted molar refractivity (Wildman–Crippen MR) is 135 cm³/mol. The molecule has 0 bridgehead atoms. The Labute approximate surface area is 202 Å². The highest BCUT2D eigenvalue weighted by Gasteiger charge is 2.25. The number of nitrogens with zero attached hydrogens (tertiary/aromatic N) is 4. The number of pyridine rings is 1. The molecule has 0 saturated heterocycles. The Balaban J connectivity index is 1.30. The van der Waals surface area contributed by atoms with E-state index in [2.05, 4.69) is 37.3 Å². The lowest BCUT2D eigenvalue weighted by Crippen LogP contribution is -2.42. The van der Waals surface area contributed by atoms with E-state index in [0.29, 0.717) is 28.0 Å². The number of halogens is 1. The maximum atomic E-state index is 12.6. The molecule has 34 heavy (non-hydrogen) atoms. The van der Waals surface area contributed by atoms with Gasteiger partial charge >= 0.3 is 0 Å². The molecule has 2 atom stereocenters. The molecular formula is C25H26ClN7O. The molecule has 1 fully saturated rings. The average Bonchev–Trinajstić information content (AvgIpc) is 3.22. The summed E-state index contributed by atoms with van der Waals surface area (Å²) in [5.74, 6) is 0.344. The zero-order valence-corrected chi connectivity index (χ0v) is 19.6. The second kappa shape index (κ2) is 9.30. The number of amides is 1. The number of carbonyl (C=O) groups is 1. The molecule has 1 aliphatic rings. The summed E-state index contributed by atoms with van der Waals surface area (Å²) >= 11 is 6.51. The minimum absolute atomic E-state index is 0.0444. The fraction of sp³-hybridized carbons (Fsp3) is 0.280. The van der Waals surface area contributed by atoms with Gasteiger partial charge in [0, 0.05) is 41.8 Å². The van der Waals surface area contributed by atoms with Gasteiger partial charge in [-0.1, -0.05) is 23.7 Å². The van der Waals surface area contributed by atoms with Gasteiger partial charge in [-0.2, -0.15) is 0 Å². The Kier molecular flexibility index (Phi) is 6.06. The molecule has 4 N–H and O–H groups in total. The molecule has 1 aliphatic carbocycles. The van der Waals surface area contributed by atoms with Crippen molar-refractivity contribution in [1.29, 1.82) is 0 Å². The molecule has 2 unspecified atom stereocenters. The van der Waals surface area contributed by atoms with E-state index in [9.17, 15) is 4.79 Å². The number of fused-ring (bicyclic) bond motifs is 1. The number of nitrogen functional groups attached to an aromatic ring is 1. The van der Waals surface area contributed by atoms with Crippen LogP contribution in [-0.4, -0.2) is 37.5 Å². The number of hydrogen-bond donors (Lipinski definition) is 3. The van der Waals surface area contributed by atoms with Crippen LogP contribution < -0.4 is 16.4 Å². The van der Waals surface area contributed by atoms with Crippen LogP contribution >= 0.6 is 11.6 Å². The van der Waals surface area contributed by atoms with E-state index in [4.69, 9.17) is 22.3 Å². The number of hydrogen-bond acceptors (Lipinski definition) is 6. The fourth-order valence-corrected chi connectivity index (χ4v) is 4.76. The van der Waals surface area contributed by atoms with Crippen LogP contribution in [0.4, 0.5) is 11.6 Å². The second-order valence-electron chi connectivity index (χ2n) is 8.71. The van der Waals surface area contributed by atoms with E-state index in [1.807, 2.05) is 25.4 Å². The molecule has 0 radical (unpaired) electrons. The number of carbonyl (C=O) groups excluding carboxylic acids is 1. The van der Waals surface area contributed by atoms with Crippen molar-refractivity contribution >= 4 is 40.0 Å². The van der Waals surface area contributed by atoms with Gasteiger partial charge in [0.15, 0.2) is 0 Å². The molecule has 4 aromatic rings. The third-order valence-corrected chi connectivity index (χ3v) is 6.57. The number of nitrogens with two attached hydrogens (primary N) is 1. The van der Waals surface area contributed by atoms with Crippen molar-refractivity contribution in [3.05, 3.63) is 65.7 Å². The summed E-state index contributed by atoms with van der Waals surface area (Å²) in [5.41, 5.74) is 9.35. The minimum atomic E-state index is -0.188. The first-order valence-electron chi connectivity index (χ1n) is 11.3. The zero-order valence-electron chi connectivity index (χ0n) is 18.8.